The number of halogens is 1. The lowest BCUT2D eigenvalue weighted by Crippen LogP contribution is -2.11. The van der Waals surface area contributed by atoms with Crippen molar-refractivity contribution in [3.8, 4) is 0 Å². The second kappa shape index (κ2) is 2.41. The van der Waals surface area contributed by atoms with Crippen molar-refractivity contribution in [3.63, 3.8) is 0 Å². The van der Waals surface area contributed by atoms with Gasteiger partial charge in [-0.15, -0.1) is 4.79 Å². The molecule has 0 saturated carbocycles. The van der Waals surface area contributed by atoms with Crippen LogP contribution in [0.2, 0.25) is 0 Å². The number of rotatable bonds is 0. The van der Waals surface area contributed by atoms with Crippen molar-refractivity contribution in [2.24, 2.45) is 0 Å². The molecule has 0 aliphatic heterocycles. The summed E-state index contributed by atoms with van der Waals surface area (Å²) < 4.78 is 13.0. The van der Waals surface area contributed by atoms with Gasteiger partial charge in [-0.1, -0.05) is 4.48 Å². The average Bonchev–Trinajstić information content (AvgIpc) is 2.12. The summed E-state index contributed by atoms with van der Waals surface area (Å²) in [5, 5.41) is 0. The molecule has 0 spiro atoms. The maximum absolute atomic E-state index is 13.0. The van der Waals surface area contributed by atoms with Gasteiger partial charge in [-0.3, -0.25) is 9.78 Å². The molecule has 0 atom stereocenters. The zero-order chi connectivity index (χ0) is 8.55. The third-order valence-corrected chi connectivity index (χ3v) is 1.60. The van der Waals surface area contributed by atoms with E-state index in [0.717, 1.165) is 6.07 Å². The normalized spacial score (nSPS) is 10.4. The number of hydrogen-bond donors (Lipinski definition) is 0. The lowest BCUT2D eigenvalue weighted by atomic mass is 10.3. The summed E-state index contributed by atoms with van der Waals surface area (Å²) in [5.74, 6) is 0. The van der Waals surface area contributed by atoms with Crippen molar-refractivity contribution in [3.05, 3.63) is 40.8 Å². The molecule has 2 aromatic heterocycles. The van der Waals surface area contributed by atoms with Gasteiger partial charge in [0.1, 0.15) is 5.52 Å². The Morgan fingerprint density at radius 2 is 2.17 bits per heavy atom. The third kappa shape index (κ3) is 0.887. The Morgan fingerprint density at radius 3 is 3.00 bits per heavy atom. The summed E-state index contributed by atoms with van der Waals surface area (Å²) in [6, 6.07) is 5.73. The Balaban J connectivity index is 3.01. The van der Waals surface area contributed by atoms with E-state index in [-0.39, 0.29) is 10.3 Å². The molecule has 2 aromatic rings. The lowest BCUT2D eigenvalue weighted by Gasteiger charge is -1.96. The fourth-order valence-corrected chi connectivity index (χ4v) is 1.04. The van der Waals surface area contributed by atoms with Crippen LogP contribution in [0.1, 0.15) is 0 Å². The zero-order valence-electron chi connectivity index (χ0n) is 6.07. The summed E-state index contributed by atoms with van der Waals surface area (Å²) >= 11 is 0. The summed E-state index contributed by atoms with van der Waals surface area (Å²) in [5.41, 5.74) is 0.0000926. The Hall–Kier alpha value is -1.71. The molecular formula is C8H5FN2O. The van der Waals surface area contributed by atoms with Gasteiger partial charge in [-0.25, -0.2) is 0 Å². The van der Waals surface area contributed by atoms with E-state index in [4.69, 9.17) is 0 Å². The first-order valence-corrected chi connectivity index (χ1v) is 3.42. The third-order valence-electron chi connectivity index (χ3n) is 1.60. The Labute approximate surface area is 67.0 Å². The van der Waals surface area contributed by atoms with E-state index in [1.54, 1.807) is 12.3 Å². The predicted molar refractivity (Wildman–Crippen MR) is 42.5 cm³/mol. The first-order chi connectivity index (χ1) is 5.79. The highest BCUT2D eigenvalue weighted by atomic mass is 19.2. The van der Waals surface area contributed by atoms with Crippen LogP contribution in [0.5, 0.6) is 0 Å². The van der Waals surface area contributed by atoms with E-state index >= 15 is 0 Å². The van der Waals surface area contributed by atoms with Gasteiger partial charge in [0.15, 0.2) is 0 Å². The van der Waals surface area contributed by atoms with Gasteiger partial charge in [-0.2, -0.15) is 0 Å². The first-order valence-electron chi connectivity index (χ1n) is 3.42. The molecule has 0 unspecified atom stereocenters. The van der Waals surface area contributed by atoms with Gasteiger partial charge in [0.25, 0.3) is 5.56 Å². The molecule has 60 valence electrons. The van der Waals surface area contributed by atoms with Crippen LogP contribution in [-0.4, -0.2) is 9.77 Å². The molecule has 0 fully saturated rings. The molecule has 0 bridgehead atoms. The fourth-order valence-electron chi connectivity index (χ4n) is 1.04. The number of pyridine rings is 2. The number of fused-ring (bicyclic) bond motifs is 1. The monoisotopic (exact) mass is 164 g/mol. The first kappa shape index (κ1) is 6.97. The average molecular weight is 164 g/mol. The molecule has 0 N–H and O–H groups in total. The molecule has 2 heterocycles. The molecule has 0 aliphatic rings. The maximum atomic E-state index is 13.0. The number of aromatic nitrogens is 2. The fraction of sp³-hybridized carbons (Fsp3) is 0. The highest BCUT2D eigenvalue weighted by molar-refractivity contribution is 5.73. The summed E-state index contributed by atoms with van der Waals surface area (Å²) in [6.45, 7) is 0. The highest BCUT2D eigenvalue weighted by Crippen LogP contribution is 2.06. The zero-order valence-corrected chi connectivity index (χ0v) is 6.07. The minimum Gasteiger partial charge on any atom is -0.267 e. The molecule has 0 aromatic carbocycles. The number of nitrogens with zero attached hydrogens (tertiary/aromatic N) is 2. The van der Waals surface area contributed by atoms with Crippen LogP contribution >= 0.6 is 0 Å². The van der Waals surface area contributed by atoms with Crippen LogP contribution in [0, 0.1) is 0 Å². The standard InChI is InChI=1S/C8H5FN2O/c9-11-7-2-1-5-10-6(7)3-4-8(11)12/h1-5H. The smallest absolute Gasteiger partial charge is 0.267 e. The molecule has 0 radical (unpaired) electrons. The lowest BCUT2D eigenvalue weighted by molar-refractivity contribution is 0.371. The quantitative estimate of drug-likeness (QED) is 0.585. The number of hydrogen-bond acceptors (Lipinski definition) is 2. The van der Waals surface area contributed by atoms with Crippen LogP contribution in [-0.2, 0) is 0 Å². The van der Waals surface area contributed by atoms with E-state index in [9.17, 15) is 9.28 Å². The van der Waals surface area contributed by atoms with Crippen LogP contribution < -0.4 is 5.56 Å². The summed E-state index contributed by atoms with van der Waals surface area (Å²) in [6.07, 6.45) is 1.55. The van der Waals surface area contributed by atoms with Crippen molar-refractivity contribution in [1.82, 2.24) is 9.77 Å². The van der Waals surface area contributed by atoms with Crippen LogP contribution in [0.3, 0.4) is 0 Å². The van der Waals surface area contributed by atoms with E-state index in [1.807, 2.05) is 0 Å². The maximum Gasteiger partial charge on any atom is 0.279 e. The van der Waals surface area contributed by atoms with Crippen LogP contribution in [0.4, 0.5) is 4.48 Å². The van der Waals surface area contributed by atoms with E-state index in [0.29, 0.717) is 5.52 Å². The topological polar surface area (TPSA) is 34.9 Å². The van der Waals surface area contributed by atoms with Crippen molar-refractivity contribution in [2.45, 2.75) is 0 Å². The Kier molecular flexibility index (Phi) is 1.40. The molecule has 0 amide bonds. The van der Waals surface area contributed by atoms with E-state index < -0.39 is 5.56 Å². The van der Waals surface area contributed by atoms with Gasteiger partial charge in [0.05, 0.1) is 5.52 Å². The van der Waals surface area contributed by atoms with Crippen LogP contribution in [0.25, 0.3) is 11.0 Å². The molecule has 3 nitrogen and oxygen atoms in total. The minimum absolute atomic E-state index is 0.0856. The van der Waals surface area contributed by atoms with Gasteiger partial charge in [0, 0.05) is 12.3 Å². The van der Waals surface area contributed by atoms with E-state index in [1.165, 1.54) is 12.1 Å². The minimum atomic E-state index is -0.671. The Bertz CT molecular complexity index is 478. The molecule has 12 heavy (non-hydrogen) atoms. The van der Waals surface area contributed by atoms with Crippen molar-refractivity contribution in [1.29, 1.82) is 0 Å². The molecule has 2 rings (SSSR count). The van der Waals surface area contributed by atoms with Crippen LogP contribution in [0.15, 0.2) is 35.3 Å². The SMILES string of the molecule is O=c1ccc2ncccc2n1F. The van der Waals surface area contributed by atoms with Crippen molar-refractivity contribution < 1.29 is 4.48 Å². The van der Waals surface area contributed by atoms with Crippen molar-refractivity contribution >= 4 is 11.0 Å². The Morgan fingerprint density at radius 1 is 1.33 bits per heavy atom. The summed E-state index contributed by atoms with van der Waals surface area (Å²) in [4.78, 5) is 14.8. The summed E-state index contributed by atoms with van der Waals surface area (Å²) in [7, 11) is 0. The van der Waals surface area contributed by atoms with Crippen molar-refractivity contribution in [2.75, 3.05) is 0 Å². The molecule has 4 heteroatoms. The molecular weight excluding hydrogens is 159 g/mol. The predicted octanol–water partition coefficient (Wildman–Crippen LogP) is 1.13. The van der Waals surface area contributed by atoms with Gasteiger partial charge < -0.3 is 0 Å². The van der Waals surface area contributed by atoms with Gasteiger partial charge in [-0.05, 0) is 18.2 Å². The van der Waals surface area contributed by atoms with E-state index in [2.05, 4.69) is 4.98 Å². The van der Waals surface area contributed by atoms with Gasteiger partial charge >= 0.3 is 0 Å². The molecule has 0 aliphatic carbocycles. The highest BCUT2D eigenvalue weighted by Gasteiger charge is 2.00. The second-order valence-electron chi connectivity index (χ2n) is 2.36. The van der Waals surface area contributed by atoms with Gasteiger partial charge in [0.2, 0.25) is 0 Å². The largest absolute Gasteiger partial charge is 0.279 e. The second-order valence-corrected chi connectivity index (χ2v) is 2.36. The molecule has 0 saturated heterocycles.